The Balaban J connectivity index is 1.81. The summed E-state index contributed by atoms with van der Waals surface area (Å²) in [5.74, 6) is 4.37. The smallest absolute Gasteiger partial charge is 0.324 e. The van der Waals surface area contributed by atoms with Crippen molar-refractivity contribution in [2.45, 2.75) is 70.8 Å². The van der Waals surface area contributed by atoms with E-state index in [9.17, 15) is 9.59 Å². The molecule has 1 aromatic rings. The van der Waals surface area contributed by atoms with Gasteiger partial charge in [-0.15, -0.1) is 0 Å². The summed E-state index contributed by atoms with van der Waals surface area (Å²) in [7, 11) is 0. The van der Waals surface area contributed by atoms with Crippen LogP contribution in [0.2, 0.25) is 0 Å². The second kappa shape index (κ2) is 10.2. The first-order chi connectivity index (χ1) is 12.1. The summed E-state index contributed by atoms with van der Waals surface area (Å²) in [6, 6.07) is 9.75. The maximum Gasteiger partial charge on any atom is 0.324 e. The zero-order chi connectivity index (χ0) is 18.0. The Bertz CT molecular complexity index is 538. The zero-order valence-corrected chi connectivity index (χ0v) is 14.9. The fourth-order valence-corrected chi connectivity index (χ4v) is 3.74. The Hall–Kier alpha value is -1.88. The number of carbonyl (C=O) groups is 2. The number of rotatable bonds is 9. The Labute approximate surface area is 149 Å². The van der Waals surface area contributed by atoms with Crippen LogP contribution < -0.4 is 5.90 Å². The molecule has 0 heterocycles. The highest BCUT2D eigenvalue weighted by Gasteiger charge is 2.34. The van der Waals surface area contributed by atoms with Gasteiger partial charge in [-0.05, 0) is 36.7 Å². The van der Waals surface area contributed by atoms with Gasteiger partial charge in [-0.1, -0.05) is 56.0 Å². The maximum atomic E-state index is 12.4. The van der Waals surface area contributed by atoms with Gasteiger partial charge in [0, 0.05) is 6.42 Å². The van der Waals surface area contributed by atoms with Crippen LogP contribution in [-0.2, 0) is 25.8 Å². The molecule has 2 rings (SSSR count). The lowest BCUT2D eigenvalue weighted by atomic mass is 9.69. The van der Waals surface area contributed by atoms with E-state index in [0.717, 1.165) is 50.5 Å². The fraction of sp³-hybridized carbons (Fsp3) is 0.600. The van der Waals surface area contributed by atoms with Gasteiger partial charge in [0.1, 0.15) is 6.61 Å². The predicted octanol–water partition coefficient (Wildman–Crippen LogP) is 4.05. The molecule has 5 nitrogen and oxygen atoms in total. The topological polar surface area (TPSA) is 78.6 Å². The first kappa shape index (κ1) is 19.4. The van der Waals surface area contributed by atoms with E-state index >= 15 is 0 Å². The third kappa shape index (κ3) is 6.86. The molecule has 0 amide bonds. The van der Waals surface area contributed by atoms with E-state index in [2.05, 4.69) is 4.84 Å². The fourth-order valence-electron chi connectivity index (χ4n) is 3.74. The lowest BCUT2D eigenvalue weighted by Crippen LogP contribution is -2.28. The van der Waals surface area contributed by atoms with Crippen LogP contribution in [0.15, 0.2) is 30.3 Å². The lowest BCUT2D eigenvalue weighted by Gasteiger charge is -2.36. The van der Waals surface area contributed by atoms with E-state index in [0.29, 0.717) is 19.4 Å². The van der Waals surface area contributed by atoms with Gasteiger partial charge < -0.3 is 9.57 Å². The van der Waals surface area contributed by atoms with Crippen molar-refractivity contribution in [2.75, 3.05) is 0 Å². The molecule has 1 fully saturated rings. The molecule has 0 radical (unpaired) electrons. The Morgan fingerprint density at radius 2 is 1.72 bits per heavy atom. The molecular formula is C20H29NO4. The van der Waals surface area contributed by atoms with Crippen molar-refractivity contribution in [2.24, 2.45) is 11.3 Å². The summed E-state index contributed by atoms with van der Waals surface area (Å²) in [4.78, 5) is 27.7. The van der Waals surface area contributed by atoms with Gasteiger partial charge in [0.25, 0.3) is 0 Å². The van der Waals surface area contributed by atoms with Crippen LogP contribution in [0.5, 0.6) is 0 Å². The second-order valence-electron chi connectivity index (χ2n) is 7.08. The quantitative estimate of drug-likeness (QED) is 0.414. The van der Waals surface area contributed by atoms with Crippen LogP contribution in [0.1, 0.15) is 69.8 Å². The predicted molar refractivity (Wildman–Crippen MR) is 95.1 cm³/mol. The van der Waals surface area contributed by atoms with E-state index in [1.54, 1.807) is 0 Å². The van der Waals surface area contributed by atoms with Gasteiger partial charge in [0.05, 0.1) is 6.42 Å². The van der Waals surface area contributed by atoms with Crippen LogP contribution in [-0.4, -0.2) is 11.9 Å². The van der Waals surface area contributed by atoms with Crippen molar-refractivity contribution in [1.82, 2.24) is 0 Å². The molecule has 0 saturated heterocycles. The number of nitrogens with two attached hydrogens (primary N) is 1. The highest BCUT2D eigenvalue weighted by atomic mass is 16.7. The van der Waals surface area contributed by atoms with Crippen molar-refractivity contribution in [1.29, 1.82) is 0 Å². The first-order valence-corrected chi connectivity index (χ1v) is 9.23. The van der Waals surface area contributed by atoms with Crippen molar-refractivity contribution < 1.29 is 19.2 Å². The Kier molecular flexibility index (Phi) is 7.92. The number of hydrogen-bond acceptors (Lipinski definition) is 5. The molecule has 1 aromatic carbocycles. The maximum absolute atomic E-state index is 12.4. The molecule has 0 atom stereocenters. The Morgan fingerprint density at radius 1 is 1.00 bits per heavy atom. The highest BCUT2D eigenvalue weighted by molar-refractivity contribution is 5.70. The van der Waals surface area contributed by atoms with Crippen molar-refractivity contribution >= 4 is 11.9 Å². The molecular weight excluding hydrogens is 318 g/mol. The summed E-state index contributed by atoms with van der Waals surface area (Å²) in [6.45, 7) is 0.331. The molecule has 0 spiro atoms. The van der Waals surface area contributed by atoms with Gasteiger partial charge in [-0.3, -0.25) is 9.59 Å². The minimum atomic E-state index is -0.375. The third-order valence-corrected chi connectivity index (χ3v) is 5.15. The SMILES string of the molecule is NOC(=O)CCCCC1(CC(=O)OCc2ccccc2)CCCCC1. The molecule has 5 heteroatoms. The highest BCUT2D eigenvalue weighted by Crippen LogP contribution is 2.43. The first-order valence-electron chi connectivity index (χ1n) is 9.23. The van der Waals surface area contributed by atoms with Crippen molar-refractivity contribution in [3.05, 3.63) is 35.9 Å². The number of hydrogen-bond donors (Lipinski definition) is 1. The van der Waals surface area contributed by atoms with Crippen LogP contribution in [0, 0.1) is 5.41 Å². The number of carbonyl (C=O) groups excluding carboxylic acids is 2. The summed E-state index contributed by atoms with van der Waals surface area (Å²) < 4.78 is 5.49. The molecule has 1 saturated carbocycles. The van der Waals surface area contributed by atoms with E-state index in [4.69, 9.17) is 10.6 Å². The van der Waals surface area contributed by atoms with Gasteiger partial charge >= 0.3 is 11.9 Å². The van der Waals surface area contributed by atoms with Gasteiger partial charge in [0.15, 0.2) is 0 Å². The summed E-state index contributed by atoms with van der Waals surface area (Å²) in [5.41, 5.74) is 1.03. The summed E-state index contributed by atoms with van der Waals surface area (Å²) >= 11 is 0. The monoisotopic (exact) mass is 347 g/mol. The number of unbranched alkanes of at least 4 members (excludes halogenated alkanes) is 1. The number of benzene rings is 1. The standard InChI is InChI=1S/C20H29NO4/c21-25-18(22)11-5-8-14-20(12-6-2-7-13-20)15-19(23)24-16-17-9-3-1-4-10-17/h1,3-4,9-10H,2,5-8,11-16,21H2. The molecule has 138 valence electrons. The molecule has 1 aliphatic rings. The summed E-state index contributed by atoms with van der Waals surface area (Å²) in [6.07, 6.45) is 9.10. The average molecular weight is 347 g/mol. The molecule has 2 N–H and O–H groups in total. The van der Waals surface area contributed by atoms with E-state index < -0.39 is 0 Å². The Morgan fingerprint density at radius 3 is 2.40 bits per heavy atom. The molecule has 25 heavy (non-hydrogen) atoms. The normalized spacial score (nSPS) is 16.2. The number of ether oxygens (including phenoxy) is 1. The third-order valence-electron chi connectivity index (χ3n) is 5.15. The molecule has 0 bridgehead atoms. The van der Waals surface area contributed by atoms with Crippen LogP contribution in [0.3, 0.4) is 0 Å². The minimum absolute atomic E-state index is 0.0264. The van der Waals surface area contributed by atoms with E-state index in [-0.39, 0.29) is 17.4 Å². The van der Waals surface area contributed by atoms with E-state index in [1.807, 2.05) is 30.3 Å². The van der Waals surface area contributed by atoms with Gasteiger partial charge in [-0.25, -0.2) is 0 Å². The van der Waals surface area contributed by atoms with Crippen molar-refractivity contribution in [3.8, 4) is 0 Å². The summed E-state index contributed by atoms with van der Waals surface area (Å²) in [5, 5.41) is 0. The molecule has 0 aliphatic heterocycles. The van der Waals surface area contributed by atoms with Crippen LogP contribution in [0.4, 0.5) is 0 Å². The second-order valence-corrected chi connectivity index (χ2v) is 7.08. The molecule has 0 unspecified atom stereocenters. The van der Waals surface area contributed by atoms with Crippen LogP contribution in [0.25, 0.3) is 0 Å². The lowest BCUT2D eigenvalue weighted by molar-refractivity contribution is -0.149. The minimum Gasteiger partial charge on any atom is -0.461 e. The number of esters is 1. The van der Waals surface area contributed by atoms with Crippen LogP contribution >= 0.6 is 0 Å². The molecule has 0 aromatic heterocycles. The van der Waals surface area contributed by atoms with Gasteiger partial charge in [-0.2, -0.15) is 5.90 Å². The zero-order valence-electron chi connectivity index (χ0n) is 14.9. The van der Waals surface area contributed by atoms with Gasteiger partial charge in [0.2, 0.25) is 0 Å². The average Bonchev–Trinajstić information content (AvgIpc) is 2.65. The van der Waals surface area contributed by atoms with E-state index in [1.165, 1.54) is 6.42 Å². The largest absolute Gasteiger partial charge is 0.461 e. The molecule has 1 aliphatic carbocycles. The van der Waals surface area contributed by atoms with Crippen molar-refractivity contribution in [3.63, 3.8) is 0 Å².